The summed E-state index contributed by atoms with van der Waals surface area (Å²) in [6, 6.07) is 0. The summed E-state index contributed by atoms with van der Waals surface area (Å²) in [6.07, 6.45) is 1.93. The van der Waals surface area contributed by atoms with Gasteiger partial charge in [0.15, 0.2) is 0 Å². The molecule has 0 N–H and O–H groups in total. The molecule has 2 heterocycles. The van der Waals surface area contributed by atoms with Crippen molar-refractivity contribution in [2.24, 2.45) is 0 Å². The van der Waals surface area contributed by atoms with Gasteiger partial charge in [0.2, 0.25) is 5.79 Å². The largest absolute Gasteiger partial charge is 0.373 e. The Morgan fingerprint density at radius 2 is 1.53 bits per heavy atom. The van der Waals surface area contributed by atoms with Gasteiger partial charge in [-0.25, -0.2) is 0 Å². The molecule has 0 atom stereocenters. The maximum Gasteiger partial charge on any atom is 0.216 e. The zero-order valence-electron chi connectivity index (χ0n) is 9.58. The Bertz CT molecular complexity index is 205. The first-order valence-corrected chi connectivity index (χ1v) is 5.74. The van der Waals surface area contributed by atoms with Gasteiger partial charge < -0.3 is 18.9 Å². The van der Waals surface area contributed by atoms with E-state index in [1.807, 2.05) is 0 Å². The molecule has 0 saturated carbocycles. The quantitative estimate of drug-likeness (QED) is 0.698. The molecule has 0 bridgehead atoms. The first kappa shape index (κ1) is 11.3. The highest BCUT2D eigenvalue weighted by atomic mass is 16.8. The third kappa shape index (κ3) is 2.18. The van der Waals surface area contributed by atoms with Crippen molar-refractivity contribution in [2.75, 3.05) is 33.0 Å². The molecule has 2 rings (SSSR count). The van der Waals surface area contributed by atoms with Crippen LogP contribution in [0.5, 0.6) is 0 Å². The van der Waals surface area contributed by atoms with Crippen LogP contribution in [0.25, 0.3) is 0 Å². The molecule has 88 valence electrons. The van der Waals surface area contributed by atoms with Gasteiger partial charge in [-0.3, -0.25) is 0 Å². The van der Waals surface area contributed by atoms with E-state index in [2.05, 4.69) is 13.8 Å². The average Bonchev–Trinajstić information content (AvgIpc) is 2.47. The first-order chi connectivity index (χ1) is 7.24. The standard InChI is InChI=1S/C11H20O4/c1-3-10(4-2)7-14-11(15-10)8-12-5-6-13-9-11/h3-9H2,1-2H3. The fourth-order valence-corrected chi connectivity index (χ4v) is 2.07. The third-order valence-electron chi connectivity index (χ3n) is 3.31. The Morgan fingerprint density at radius 3 is 2.00 bits per heavy atom. The van der Waals surface area contributed by atoms with Crippen molar-refractivity contribution in [3.05, 3.63) is 0 Å². The van der Waals surface area contributed by atoms with Crippen molar-refractivity contribution in [3.63, 3.8) is 0 Å². The van der Waals surface area contributed by atoms with E-state index >= 15 is 0 Å². The highest BCUT2D eigenvalue weighted by Gasteiger charge is 2.49. The minimum absolute atomic E-state index is 0.142. The highest BCUT2D eigenvalue weighted by Crippen LogP contribution is 2.37. The van der Waals surface area contributed by atoms with Crippen LogP contribution in [0.2, 0.25) is 0 Å². The Morgan fingerprint density at radius 1 is 0.933 bits per heavy atom. The number of hydrogen-bond donors (Lipinski definition) is 0. The van der Waals surface area contributed by atoms with E-state index in [9.17, 15) is 0 Å². The van der Waals surface area contributed by atoms with Crippen LogP contribution >= 0.6 is 0 Å². The lowest BCUT2D eigenvalue weighted by Crippen LogP contribution is -2.42. The SMILES string of the molecule is CCC1(CC)COC2(COCCOC2)O1. The summed E-state index contributed by atoms with van der Waals surface area (Å²) in [7, 11) is 0. The molecule has 4 heteroatoms. The number of ether oxygens (including phenoxy) is 4. The van der Waals surface area contributed by atoms with Crippen molar-refractivity contribution >= 4 is 0 Å². The number of hydrogen-bond acceptors (Lipinski definition) is 4. The second-order valence-electron chi connectivity index (χ2n) is 4.30. The smallest absolute Gasteiger partial charge is 0.216 e. The Hall–Kier alpha value is -0.160. The number of rotatable bonds is 2. The van der Waals surface area contributed by atoms with Crippen LogP contribution in [-0.4, -0.2) is 44.4 Å². The van der Waals surface area contributed by atoms with Crippen molar-refractivity contribution in [2.45, 2.75) is 38.1 Å². The molecule has 0 aromatic heterocycles. The average molecular weight is 216 g/mol. The zero-order chi connectivity index (χ0) is 10.8. The molecular weight excluding hydrogens is 196 g/mol. The van der Waals surface area contributed by atoms with Crippen LogP contribution in [0.4, 0.5) is 0 Å². The third-order valence-corrected chi connectivity index (χ3v) is 3.31. The second kappa shape index (κ2) is 4.37. The van der Waals surface area contributed by atoms with Crippen LogP contribution < -0.4 is 0 Å². The molecule has 2 aliphatic heterocycles. The van der Waals surface area contributed by atoms with E-state index in [0.717, 1.165) is 12.8 Å². The summed E-state index contributed by atoms with van der Waals surface area (Å²) in [5, 5.41) is 0. The molecular formula is C11H20O4. The fourth-order valence-electron chi connectivity index (χ4n) is 2.07. The normalized spacial score (nSPS) is 29.2. The van der Waals surface area contributed by atoms with E-state index in [4.69, 9.17) is 18.9 Å². The highest BCUT2D eigenvalue weighted by molar-refractivity contribution is 4.90. The van der Waals surface area contributed by atoms with Crippen LogP contribution in [-0.2, 0) is 18.9 Å². The van der Waals surface area contributed by atoms with E-state index in [0.29, 0.717) is 33.0 Å². The molecule has 4 nitrogen and oxygen atoms in total. The van der Waals surface area contributed by atoms with Crippen LogP contribution in [0.1, 0.15) is 26.7 Å². The molecule has 2 aliphatic rings. The minimum atomic E-state index is -0.650. The molecule has 0 amide bonds. The van der Waals surface area contributed by atoms with E-state index in [1.165, 1.54) is 0 Å². The Balaban J connectivity index is 2.05. The van der Waals surface area contributed by atoms with Crippen molar-refractivity contribution in [3.8, 4) is 0 Å². The second-order valence-corrected chi connectivity index (χ2v) is 4.30. The van der Waals surface area contributed by atoms with Gasteiger partial charge in [-0.05, 0) is 12.8 Å². The molecule has 0 unspecified atom stereocenters. The minimum Gasteiger partial charge on any atom is -0.373 e. The van der Waals surface area contributed by atoms with Gasteiger partial charge in [0.25, 0.3) is 0 Å². The lowest BCUT2D eigenvalue weighted by molar-refractivity contribution is -0.227. The lowest BCUT2D eigenvalue weighted by atomic mass is 9.99. The van der Waals surface area contributed by atoms with E-state index in [-0.39, 0.29) is 5.60 Å². The van der Waals surface area contributed by atoms with Crippen molar-refractivity contribution in [1.82, 2.24) is 0 Å². The molecule has 15 heavy (non-hydrogen) atoms. The molecule has 1 spiro atoms. The van der Waals surface area contributed by atoms with Crippen molar-refractivity contribution < 1.29 is 18.9 Å². The summed E-state index contributed by atoms with van der Waals surface area (Å²) in [5.41, 5.74) is -0.142. The van der Waals surface area contributed by atoms with Gasteiger partial charge in [0.05, 0.1) is 25.4 Å². The topological polar surface area (TPSA) is 36.9 Å². The monoisotopic (exact) mass is 216 g/mol. The molecule has 0 aromatic rings. The lowest BCUT2D eigenvalue weighted by Gasteiger charge is -2.29. The van der Waals surface area contributed by atoms with Gasteiger partial charge in [-0.15, -0.1) is 0 Å². The van der Waals surface area contributed by atoms with Crippen LogP contribution in [0.3, 0.4) is 0 Å². The predicted molar refractivity (Wildman–Crippen MR) is 54.7 cm³/mol. The van der Waals surface area contributed by atoms with Crippen LogP contribution in [0.15, 0.2) is 0 Å². The molecule has 0 aliphatic carbocycles. The summed E-state index contributed by atoms with van der Waals surface area (Å²) in [4.78, 5) is 0. The maximum absolute atomic E-state index is 6.08. The summed E-state index contributed by atoms with van der Waals surface area (Å²) in [5.74, 6) is -0.650. The van der Waals surface area contributed by atoms with Gasteiger partial charge in [0.1, 0.15) is 13.2 Å². The van der Waals surface area contributed by atoms with Gasteiger partial charge in [0, 0.05) is 0 Å². The van der Waals surface area contributed by atoms with Gasteiger partial charge in [-0.2, -0.15) is 0 Å². The van der Waals surface area contributed by atoms with Gasteiger partial charge in [-0.1, -0.05) is 13.8 Å². The zero-order valence-corrected chi connectivity index (χ0v) is 9.58. The summed E-state index contributed by atoms with van der Waals surface area (Å²) in [6.45, 7) is 7.12. The van der Waals surface area contributed by atoms with Crippen molar-refractivity contribution in [1.29, 1.82) is 0 Å². The van der Waals surface area contributed by atoms with Crippen LogP contribution in [0, 0.1) is 0 Å². The fraction of sp³-hybridized carbons (Fsp3) is 1.00. The molecule has 0 aromatic carbocycles. The summed E-state index contributed by atoms with van der Waals surface area (Å²) < 4.78 is 22.7. The summed E-state index contributed by atoms with van der Waals surface area (Å²) >= 11 is 0. The van der Waals surface area contributed by atoms with Gasteiger partial charge >= 0.3 is 0 Å². The predicted octanol–water partition coefficient (Wildman–Crippen LogP) is 1.34. The maximum atomic E-state index is 6.08. The van der Waals surface area contributed by atoms with E-state index in [1.54, 1.807) is 0 Å². The molecule has 2 saturated heterocycles. The molecule has 0 radical (unpaired) electrons. The Labute approximate surface area is 90.8 Å². The first-order valence-electron chi connectivity index (χ1n) is 5.74. The molecule has 2 fully saturated rings. The Kier molecular flexibility index (Phi) is 3.30. The van der Waals surface area contributed by atoms with E-state index < -0.39 is 5.79 Å².